The van der Waals surface area contributed by atoms with Crippen LogP contribution in [0.4, 0.5) is 11.4 Å². The summed E-state index contributed by atoms with van der Waals surface area (Å²) in [6.07, 6.45) is 0. The Bertz CT molecular complexity index is 324. The summed E-state index contributed by atoms with van der Waals surface area (Å²) in [6.45, 7) is 6.35. The van der Waals surface area contributed by atoms with Crippen LogP contribution < -0.4 is 5.32 Å². The van der Waals surface area contributed by atoms with E-state index in [-0.39, 0.29) is 5.54 Å². The zero-order valence-electron chi connectivity index (χ0n) is 9.20. The SMILES string of the molecule is C/N=N\c1ccccc1NC(C)(C)C. The monoisotopic (exact) mass is 191 g/mol. The van der Waals surface area contributed by atoms with Crippen molar-refractivity contribution in [3.63, 3.8) is 0 Å². The second-order valence-electron chi connectivity index (χ2n) is 4.19. The van der Waals surface area contributed by atoms with Crippen molar-refractivity contribution in [2.45, 2.75) is 26.3 Å². The Hall–Kier alpha value is -1.38. The highest BCUT2D eigenvalue weighted by Gasteiger charge is 2.11. The van der Waals surface area contributed by atoms with Gasteiger partial charge in [-0.25, -0.2) is 0 Å². The number of rotatable bonds is 2. The van der Waals surface area contributed by atoms with Crippen molar-refractivity contribution < 1.29 is 0 Å². The van der Waals surface area contributed by atoms with E-state index in [1.165, 1.54) is 0 Å². The van der Waals surface area contributed by atoms with Gasteiger partial charge in [0.15, 0.2) is 0 Å². The molecule has 1 N–H and O–H groups in total. The highest BCUT2D eigenvalue weighted by atomic mass is 15.1. The molecular weight excluding hydrogens is 174 g/mol. The summed E-state index contributed by atoms with van der Waals surface area (Å²) in [7, 11) is 1.67. The van der Waals surface area contributed by atoms with Gasteiger partial charge in [0.25, 0.3) is 0 Å². The van der Waals surface area contributed by atoms with E-state index in [1.807, 2.05) is 24.3 Å². The lowest BCUT2D eigenvalue weighted by Gasteiger charge is -2.22. The van der Waals surface area contributed by atoms with Gasteiger partial charge in [-0.15, -0.1) is 0 Å². The Kier molecular flexibility index (Phi) is 3.23. The molecule has 0 aliphatic rings. The van der Waals surface area contributed by atoms with E-state index in [2.05, 4.69) is 36.3 Å². The zero-order valence-corrected chi connectivity index (χ0v) is 9.20. The lowest BCUT2D eigenvalue weighted by atomic mass is 10.1. The molecular formula is C11H17N3. The zero-order chi connectivity index (χ0) is 10.6. The van der Waals surface area contributed by atoms with Crippen molar-refractivity contribution in [1.29, 1.82) is 0 Å². The van der Waals surface area contributed by atoms with Crippen molar-refractivity contribution in [3.05, 3.63) is 24.3 Å². The molecule has 0 aromatic heterocycles. The van der Waals surface area contributed by atoms with Gasteiger partial charge in [-0.05, 0) is 32.9 Å². The van der Waals surface area contributed by atoms with Crippen molar-refractivity contribution >= 4 is 11.4 Å². The summed E-state index contributed by atoms with van der Waals surface area (Å²) in [4.78, 5) is 0. The van der Waals surface area contributed by atoms with Crippen molar-refractivity contribution in [3.8, 4) is 0 Å². The molecule has 0 saturated carbocycles. The first kappa shape index (κ1) is 10.7. The fourth-order valence-electron chi connectivity index (χ4n) is 1.18. The molecule has 0 atom stereocenters. The molecule has 1 rings (SSSR count). The molecule has 0 heterocycles. The maximum atomic E-state index is 4.05. The lowest BCUT2D eigenvalue weighted by molar-refractivity contribution is 0.634. The number of hydrogen-bond donors (Lipinski definition) is 1. The summed E-state index contributed by atoms with van der Waals surface area (Å²) in [5.74, 6) is 0. The summed E-state index contributed by atoms with van der Waals surface area (Å²) in [6, 6.07) is 7.90. The van der Waals surface area contributed by atoms with Crippen LogP contribution >= 0.6 is 0 Å². The van der Waals surface area contributed by atoms with Crippen LogP contribution in [0.2, 0.25) is 0 Å². The van der Waals surface area contributed by atoms with Crippen LogP contribution in [0.1, 0.15) is 20.8 Å². The third kappa shape index (κ3) is 3.17. The van der Waals surface area contributed by atoms with Crippen molar-refractivity contribution in [2.75, 3.05) is 12.4 Å². The van der Waals surface area contributed by atoms with Gasteiger partial charge in [0.1, 0.15) is 5.69 Å². The maximum Gasteiger partial charge on any atom is 0.108 e. The topological polar surface area (TPSA) is 36.8 Å². The van der Waals surface area contributed by atoms with Crippen LogP contribution in [0.3, 0.4) is 0 Å². The molecule has 0 aliphatic heterocycles. The van der Waals surface area contributed by atoms with E-state index in [0.29, 0.717) is 0 Å². The summed E-state index contributed by atoms with van der Waals surface area (Å²) in [5.41, 5.74) is 1.94. The van der Waals surface area contributed by atoms with Gasteiger partial charge in [0.2, 0.25) is 0 Å². The molecule has 76 valence electrons. The van der Waals surface area contributed by atoms with Crippen LogP contribution in [0.15, 0.2) is 34.5 Å². The standard InChI is InChI=1S/C11H17N3/c1-11(2,3)13-9-7-5-6-8-10(9)14-12-4/h5-8,13H,1-4H3/b14-12-. The molecule has 0 spiro atoms. The lowest BCUT2D eigenvalue weighted by Crippen LogP contribution is -2.25. The van der Waals surface area contributed by atoms with E-state index in [1.54, 1.807) is 7.05 Å². The van der Waals surface area contributed by atoms with Crippen LogP contribution in [0, 0.1) is 0 Å². The number of nitrogens with one attached hydrogen (secondary N) is 1. The summed E-state index contributed by atoms with van der Waals surface area (Å²) >= 11 is 0. The molecule has 1 aromatic rings. The Labute approximate surface area is 85.3 Å². The van der Waals surface area contributed by atoms with E-state index in [0.717, 1.165) is 11.4 Å². The number of azo groups is 1. The predicted octanol–water partition coefficient (Wildman–Crippen LogP) is 3.61. The molecule has 0 unspecified atom stereocenters. The molecule has 0 saturated heterocycles. The molecule has 0 aliphatic carbocycles. The average Bonchev–Trinajstić information content (AvgIpc) is 2.06. The van der Waals surface area contributed by atoms with Gasteiger partial charge >= 0.3 is 0 Å². The smallest absolute Gasteiger partial charge is 0.108 e. The van der Waals surface area contributed by atoms with Crippen LogP contribution in [-0.2, 0) is 0 Å². The quantitative estimate of drug-likeness (QED) is 0.712. The number of para-hydroxylation sites is 1. The van der Waals surface area contributed by atoms with Crippen LogP contribution in [-0.4, -0.2) is 12.6 Å². The minimum atomic E-state index is 0.0410. The van der Waals surface area contributed by atoms with Crippen LogP contribution in [0.25, 0.3) is 0 Å². The second kappa shape index (κ2) is 4.22. The minimum Gasteiger partial charge on any atom is -0.379 e. The number of anilines is 1. The van der Waals surface area contributed by atoms with E-state index in [9.17, 15) is 0 Å². The highest BCUT2D eigenvalue weighted by molar-refractivity contribution is 5.65. The summed E-state index contributed by atoms with van der Waals surface area (Å²) < 4.78 is 0. The number of benzene rings is 1. The second-order valence-corrected chi connectivity index (χ2v) is 4.19. The first-order valence-electron chi connectivity index (χ1n) is 4.70. The first-order valence-corrected chi connectivity index (χ1v) is 4.70. The van der Waals surface area contributed by atoms with Crippen LogP contribution in [0.5, 0.6) is 0 Å². The third-order valence-electron chi connectivity index (χ3n) is 1.62. The van der Waals surface area contributed by atoms with Crippen molar-refractivity contribution in [1.82, 2.24) is 0 Å². The van der Waals surface area contributed by atoms with E-state index < -0.39 is 0 Å². The number of nitrogens with zero attached hydrogens (tertiary/aromatic N) is 2. The first-order chi connectivity index (χ1) is 6.53. The molecule has 0 fully saturated rings. The van der Waals surface area contributed by atoms with E-state index in [4.69, 9.17) is 0 Å². The summed E-state index contributed by atoms with van der Waals surface area (Å²) in [5, 5.41) is 11.2. The van der Waals surface area contributed by atoms with Gasteiger partial charge in [0, 0.05) is 12.6 Å². The molecule has 3 nitrogen and oxygen atoms in total. The Morgan fingerprint density at radius 3 is 2.36 bits per heavy atom. The van der Waals surface area contributed by atoms with E-state index >= 15 is 0 Å². The fraction of sp³-hybridized carbons (Fsp3) is 0.455. The highest BCUT2D eigenvalue weighted by Crippen LogP contribution is 2.26. The molecule has 0 radical (unpaired) electrons. The largest absolute Gasteiger partial charge is 0.379 e. The molecule has 1 aromatic carbocycles. The van der Waals surface area contributed by atoms with Gasteiger partial charge < -0.3 is 5.32 Å². The fourth-order valence-corrected chi connectivity index (χ4v) is 1.18. The minimum absolute atomic E-state index is 0.0410. The van der Waals surface area contributed by atoms with Gasteiger partial charge in [-0.1, -0.05) is 12.1 Å². The van der Waals surface area contributed by atoms with Crippen molar-refractivity contribution in [2.24, 2.45) is 10.2 Å². The average molecular weight is 191 g/mol. The Morgan fingerprint density at radius 2 is 1.79 bits per heavy atom. The number of hydrogen-bond acceptors (Lipinski definition) is 3. The maximum absolute atomic E-state index is 4.05. The molecule has 0 bridgehead atoms. The predicted molar refractivity (Wildman–Crippen MR) is 60.3 cm³/mol. The normalized spacial score (nSPS) is 12.0. The van der Waals surface area contributed by atoms with Gasteiger partial charge in [-0.3, -0.25) is 0 Å². The molecule has 3 heteroatoms. The Morgan fingerprint density at radius 1 is 1.14 bits per heavy atom. The van der Waals surface area contributed by atoms with Gasteiger partial charge in [-0.2, -0.15) is 10.2 Å². The molecule has 14 heavy (non-hydrogen) atoms. The van der Waals surface area contributed by atoms with Gasteiger partial charge in [0.05, 0.1) is 5.69 Å². The molecule has 0 amide bonds. The third-order valence-corrected chi connectivity index (χ3v) is 1.62. The Balaban J connectivity index is 2.96.